The molecule has 1 aromatic heterocycles. The Morgan fingerprint density at radius 3 is 2.42 bits per heavy atom. The smallest absolute Gasteiger partial charge is 0.229 e. The number of hydrogen-bond donors (Lipinski definition) is 1. The highest BCUT2D eigenvalue weighted by molar-refractivity contribution is 5.93. The second-order valence-electron chi connectivity index (χ2n) is 9.93. The van der Waals surface area contributed by atoms with Crippen molar-refractivity contribution in [2.45, 2.75) is 52.4 Å². The lowest BCUT2D eigenvalue weighted by atomic mass is 9.85. The van der Waals surface area contributed by atoms with Gasteiger partial charge in [-0.1, -0.05) is 32.9 Å². The Bertz CT molecular complexity index is 952. The number of carbonyl (C=O) groups is 2. The molecule has 0 saturated carbocycles. The van der Waals surface area contributed by atoms with Crippen LogP contribution in [-0.4, -0.2) is 53.1 Å². The molecule has 33 heavy (non-hydrogen) atoms. The van der Waals surface area contributed by atoms with Crippen molar-refractivity contribution in [1.82, 2.24) is 15.1 Å². The van der Waals surface area contributed by atoms with E-state index in [9.17, 15) is 9.59 Å². The van der Waals surface area contributed by atoms with Crippen molar-refractivity contribution in [3.8, 4) is 0 Å². The summed E-state index contributed by atoms with van der Waals surface area (Å²) in [5.74, 6) is 1.55. The highest BCUT2D eigenvalue weighted by Gasteiger charge is 2.33. The first-order valence-electron chi connectivity index (χ1n) is 12.1. The van der Waals surface area contributed by atoms with E-state index in [2.05, 4.69) is 39.5 Å². The van der Waals surface area contributed by atoms with Gasteiger partial charge < -0.3 is 15.1 Å². The number of piperidine rings is 1. The molecule has 1 aromatic carbocycles. The van der Waals surface area contributed by atoms with Crippen LogP contribution in [0.5, 0.6) is 0 Å². The zero-order valence-electron chi connectivity index (χ0n) is 20.0. The Hall–Kier alpha value is -2.96. The summed E-state index contributed by atoms with van der Waals surface area (Å²) in [4.78, 5) is 29.6. The Morgan fingerprint density at radius 1 is 1.06 bits per heavy atom. The third kappa shape index (κ3) is 5.34. The average Bonchev–Trinajstić information content (AvgIpc) is 3.35. The molecule has 0 unspecified atom stereocenters. The summed E-state index contributed by atoms with van der Waals surface area (Å²) in [5.41, 5.74) is 1.83. The first kappa shape index (κ1) is 23.2. The fourth-order valence-corrected chi connectivity index (χ4v) is 4.72. The van der Waals surface area contributed by atoms with E-state index in [1.165, 1.54) is 5.56 Å². The van der Waals surface area contributed by atoms with Gasteiger partial charge in [-0.15, -0.1) is 5.10 Å². The fraction of sp³-hybridized carbons (Fsp3) is 0.538. The monoisotopic (exact) mass is 449 g/mol. The van der Waals surface area contributed by atoms with Gasteiger partial charge in [-0.05, 0) is 61.4 Å². The van der Waals surface area contributed by atoms with Crippen molar-refractivity contribution in [3.05, 3.63) is 48.2 Å². The van der Waals surface area contributed by atoms with E-state index in [1.54, 1.807) is 6.20 Å². The van der Waals surface area contributed by atoms with Gasteiger partial charge in [0, 0.05) is 43.5 Å². The number of anilines is 2. The van der Waals surface area contributed by atoms with Crippen molar-refractivity contribution < 1.29 is 9.59 Å². The van der Waals surface area contributed by atoms with Crippen molar-refractivity contribution in [3.63, 3.8) is 0 Å². The second-order valence-corrected chi connectivity index (χ2v) is 9.93. The van der Waals surface area contributed by atoms with Crippen molar-refractivity contribution >= 4 is 23.3 Å². The molecule has 2 saturated heterocycles. The molecule has 2 aromatic rings. The number of amides is 2. The van der Waals surface area contributed by atoms with Gasteiger partial charge in [0.05, 0.1) is 5.92 Å². The summed E-state index contributed by atoms with van der Waals surface area (Å²) in [6.45, 7) is 9.25. The number of carbonyl (C=O) groups excluding carboxylic acids is 2. The lowest BCUT2D eigenvalue weighted by Crippen LogP contribution is -2.44. The summed E-state index contributed by atoms with van der Waals surface area (Å²) in [6, 6.07) is 12.0. The lowest BCUT2D eigenvalue weighted by Gasteiger charge is -2.37. The number of hydrogen-bond acceptors (Lipinski definition) is 5. The van der Waals surface area contributed by atoms with Crippen LogP contribution in [0.1, 0.15) is 57.9 Å². The van der Waals surface area contributed by atoms with E-state index in [0.29, 0.717) is 12.5 Å². The molecular formula is C26H35N5O2. The fourth-order valence-electron chi connectivity index (χ4n) is 4.72. The topological polar surface area (TPSA) is 78.4 Å². The van der Waals surface area contributed by atoms with Gasteiger partial charge in [0.25, 0.3) is 0 Å². The zero-order chi connectivity index (χ0) is 23.4. The quantitative estimate of drug-likeness (QED) is 0.719. The van der Waals surface area contributed by atoms with Crippen molar-refractivity contribution in [2.24, 2.45) is 11.3 Å². The number of likely N-dealkylation sites (tertiary alicyclic amines) is 1. The standard InChI is InChI=1S/C26H35N5O2/c1-4-26(2,3)25(33)30-15-11-20(12-16-30)19-7-9-22(10-8-19)28-24(32)21-13-17-31(18-21)23-6-5-14-27-29-23/h5-10,14,20-21H,4,11-13,15-18H2,1-3H3,(H,28,32)/t21-/m0/s1. The molecule has 4 rings (SSSR count). The first-order chi connectivity index (χ1) is 15.9. The van der Waals surface area contributed by atoms with Gasteiger partial charge in [0.1, 0.15) is 0 Å². The molecule has 0 radical (unpaired) electrons. The van der Waals surface area contributed by atoms with E-state index in [1.807, 2.05) is 43.0 Å². The minimum atomic E-state index is -0.280. The van der Waals surface area contributed by atoms with E-state index >= 15 is 0 Å². The summed E-state index contributed by atoms with van der Waals surface area (Å²) in [7, 11) is 0. The predicted molar refractivity (Wildman–Crippen MR) is 130 cm³/mol. The maximum absolute atomic E-state index is 12.8. The summed E-state index contributed by atoms with van der Waals surface area (Å²) in [5, 5.41) is 11.2. The summed E-state index contributed by atoms with van der Waals surface area (Å²) >= 11 is 0. The van der Waals surface area contributed by atoms with Crippen LogP contribution in [0.4, 0.5) is 11.5 Å². The number of nitrogens with one attached hydrogen (secondary N) is 1. The van der Waals surface area contributed by atoms with Crippen LogP contribution in [0.15, 0.2) is 42.6 Å². The molecule has 0 spiro atoms. The Kier molecular flexibility index (Phi) is 6.96. The molecule has 7 nitrogen and oxygen atoms in total. The van der Waals surface area contributed by atoms with Gasteiger partial charge in [-0.2, -0.15) is 5.10 Å². The van der Waals surface area contributed by atoms with E-state index in [4.69, 9.17) is 0 Å². The molecule has 2 amide bonds. The molecule has 7 heteroatoms. The molecule has 2 aliphatic rings. The number of rotatable bonds is 6. The third-order valence-corrected chi connectivity index (χ3v) is 7.34. The third-order valence-electron chi connectivity index (χ3n) is 7.34. The van der Waals surface area contributed by atoms with Gasteiger partial charge in [-0.3, -0.25) is 9.59 Å². The molecule has 176 valence electrons. The molecule has 0 aliphatic carbocycles. The molecule has 2 aliphatic heterocycles. The molecule has 1 atom stereocenters. The van der Waals surface area contributed by atoms with Gasteiger partial charge in [0.2, 0.25) is 11.8 Å². The van der Waals surface area contributed by atoms with Crippen LogP contribution >= 0.6 is 0 Å². The van der Waals surface area contributed by atoms with Gasteiger partial charge >= 0.3 is 0 Å². The van der Waals surface area contributed by atoms with Gasteiger partial charge in [0.15, 0.2) is 5.82 Å². The number of benzene rings is 1. The van der Waals surface area contributed by atoms with Crippen LogP contribution in [0.3, 0.4) is 0 Å². The molecule has 0 bridgehead atoms. The van der Waals surface area contributed by atoms with Crippen LogP contribution in [0.2, 0.25) is 0 Å². The van der Waals surface area contributed by atoms with E-state index in [-0.39, 0.29) is 23.1 Å². The summed E-state index contributed by atoms with van der Waals surface area (Å²) in [6.07, 6.45) is 5.29. The van der Waals surface area contributed by atoms with Crippen LogP contribution in [0.25, 0.3) is 0 Å². The second kappa shape index (κ2) is 9.89. The van der Waals surface area contributed by atoms with E-state index in [0.717, 1.165) is 56.8 Å². The predicted octanol–water partition coefficient (Wildman–Crippen LogP) is 4.08. The maximum atomic E-state index is 12.8. The maximum Gasteiger partial charge on any atom is 0.229 e. The Morgan fingerprint density at radius 2 is 1.79 bits per heavy atom. The van der Waals surface area contributed by atoms with E-state index < -0.39 is 0 Å². The largest absolute Gasteiger partial charge is 0.354 e. The Labute approximate surface area is 196 Å². The minimum absolute atomic E-state index is 0.0547. The van der Waals surface area contributed by atoms with Crippen LogP contribution in [-0.2, 0) is 9.59 Å². The van der Waals surface area contributed by atoms with Crippen LogP contribution in [0, 0.1) is 11.3 Å². The Balaban J connectivity index is 1.28. The summed E-state index contributed by atoms with van der Waals surface area (Å²) < 4.78 is 0. The number of nitrogens with zero attached hydrogens (tertiary/aromatic N) is 4. The molecule has 2 fully saturated rings. The lowest BCUT2D eigenvalue weighted by molar-refractivity contribution is -0.141. The highest BCUT2D eigenvalue weighted by Crippen LogP contribution is 2.32. The van der Waals surface area contributed by atoms with Gasteiger partial charge in [-0.25, -0.2) is 0 Å². The van der Waals surface area contributed by atoms with Crippen molar-refractivity contribution in [1.29, 1.82) is 0 Å². The first-order valence-corrected chi connectivity index (χ1v) is 12.1. The molecule has 3 heterocycles. The highest BCUT2D eigenvalue weighted by atomic mass is 16.2. The molecular weight excluding hydrogens is 414 g/mol. The number of aromatic nitrogens is 2. The average molecular weight is 450 g/mol. The molecule has 1 N–H and O–H groups in total. The normalized spacial score (nSPS) is 19.5. The van der Waals surface area contributed by atoms with Crippen LogP contribution < -0.4 is 10.2 Å². The zero-order valence-corrected chi connectivity index (χ0v) is 20.0. The minimum Gasteiger partial charge on any atom is -0.354 e. The SMILES string of the molecule is CCC(C)(C)C(=O)N1CCC(c2ccc(NC(=O)[C@H]3CCN(c4cccnn4)C3)cc2)CC1. The van der Waals surface area contributed by atoms with Crippen molar-refractivity contribution in [2.75, 3.05) is 36.4 Å².